The van der Waals surface area contributed by atoms with Crippen molar-refractivity contribution in [3.63, 3.8) is 0 Å². The first-order valence-electron chi connectivity index (χ1n) is 13.0. The van der Waals surface area contributed by atoms with E-state index in [0.717, 1.165) is 37.1 Å². The van der Waals surface area contributed by atoms with Gasteiger partial charge in [-0.1, -0.05) is 6.07 Å². The van der Waals surface area contributed by atoms with Crippen LogP contribution in [0.25, 0.3) is 0 Å². The molecule has 1 amide bonds. The van der Waals surface area contributed by atoms with Crippen molar-refractivity contribution in [2.24, 2.45) is 5.92 Å². The fourth-order valence-electron chi connectivity index (χ4n) is 6.06. The first-order valence-corrected chi connectivity index (χ1v) is 13.0. The molecular weight excluding hydrogens is 532 g/mol. The van der Waals surface area contributed by atoms with Crippen LogP contribution >= 0.6 is 0 Å². The van der Waals surface area contributed by atoms with Crippen molar-refractivity contribution in [3.05, 3.63) is 82.4 Å². The van der Waals surface area contributed by atoms with Crippen LogP contribution in [-0.2, 0) is 0 Å². The average molecular weight is 561 g/mol. The number of likely N-dealkylation sites (N-methyl/N-ethyl adjacent to an activating group) is 1. The summed E-state index contributed by atoms with van der Waals surface area (Å²) in [6.07, 6.45) is 1.99. The highest BCUT2D eigenvalue weighted by atomic mass is 16.4. The Hall–Kier alpha value is -4.90. The number of rotatable bonds is 7. The predicted octanol–water partition coefficient (Wildman–Crippen LogP) is 2.90. The number of benzene rings is 3. The number of carboxylic acid groups (broad SMARTS) is 1. The molecule has 2 aliphatic heterocycles. The molecule has 0 spiro atoms. The number of carbonyl (C=O) groups is 4. The van der Waals surface area contributed by atoms with E-state index in [1.807, 2.05) is 7.05 Å². The maximum Gasteiger partial charge on any atom is 0.336 e. The fourth-order valence-corrected chi connectivity index (χ4v) is 6.06. The minimum atomic E-state index is -1.49. The summed E-state index contributed by atoms with van der Waals surface area (Å²) in [6.45, 7) is 0. The molecule has 0 radical (unpaired) electrons. The lowest BCUT2D eigenvalue weighted by atomic mass is 9.80. The number of aromatic carboxylic acids is 1. The lowest BCUT2D eigenvalue weighted by Gasteiger charge is -2.42. The Morgan fingerprint density at radius 2 is 1.49 bits per heavy atom. The monoisotopic (exact) mass is 560 g/mol. The first-order chi connectivity index (χ1) is 19.5. The molecule has 3 aromatic carbocycles. The Morgan fingerprint density at radius 3 is 2.12 bits per heavy atom. The number of ketones is 2. The summed E-state index contributed by atoms with van der Waals surface area (Å²) in [5, 5.41) is 53.7. The van der Waals surface area contributed by atoms with Gasteiger partial charge in [0.2, 0.25) is 5.78 Å². The van der Waals surface area contributed by atoms with E-state index in [9.17, 15) is 44.7 Å². The molecule has 4 atom stereocenters. The number of fused-ring (bicyclic) bond motifs is 2. The van der Waals surface area contributed by atoms with Gasteiger partial charge in [-0.15, -0.1) is 0 Å². The summed E-state index contributed by atoms with van der Waals surface area (Å²) in [6, 6.07) is 10.6. The van der Waals surface area contributed by atoms with Gasteiger partial charge in [0.25, 0.3) is 5.91 Å². The Bertz CT molecular complexity index is 1540. The average Bonchev–Trinajstić information content (AvgIpc) is 3.17. The molecule has 11 heteroatoms. The number of aromatic hydroxyl groups is 4. The Morgan fingerprint density at radius 1 is 0.829 bits per heavy atom. The number of carboxylic acids is 1. The molecule has 2 aliphatic rings. The highest BCUT2D eigenvalue weighted by molar-refractivity contribution is 6.18. The molecule has 41 heavy (non-hydrogen) atoms. The second kappa shape index (κ2) is 10.6. The van der Waals surface area contributed by atoms with Crippen LogP contribution < -0.4 is 5.32 Å². The molecule has 0 saturated carbocycles. The molecule has 212 valence electrons. The summed E-state index contributed by atoms with van der Waals surface area (Å²) in [5.41, 5.74) is -1.59. The largest absolute Gasteiger partial charge is 0.508 e. The number of Topliss-reactive ketones (excluding diaryl/α,β-unsaturated/α-hetero) is 1. The van der Waals surface area contributed by atoms with Crippen LogP contribution in [0.2, 0.25) is 0 Å². The molecule has 5 rings (SSSR count). The topological polar surface area (TPSA) is 185 Å². The zero-order valence-electron chi connectivity index (χ0n) is 21.9. The zero-order valence-corrected chi connectivity index (χ0v) is 21.9. The molecule has 4 unspecified atom stereocenters. The van der Waals surface area contributed by atoms with Gasteiger partial charge in [-0.2, -0.15) is 0 Å². The number of nitrogens with one attached hydrogen (secondary N) is 1. The van der Waals surface area contributed by atoms with Crippen LogP contribution in [0.1, 0.15) is 66.3 Å². The molecule has 0 aliphatic carbocycles. The van der Waals surface area contributed by atoms with Crippen LogP contribution in [0.5, 0.6) is 23.0 Å². The summed E-state index contributed by atoms with van der Waals surface area (Å²) >= 11 is 0. The van der Waals surface area contributed by atoms with E-state index >= 15 is 0 Å². The molecule has 3 aromatic rings. The maximum atomic E-state index is 13.8. The third-order valence-electron chi connectivity index (χ3n) is 8.14. The van der Waals surface area contributed by atoms with E-state index in [0.29, 0.717) is 12.0 Å². The third kappa shape index (κ3) is 4.95. The molecule has 2 fully saturated rings. The van der Waals surface area contributed by atoms with E-state index < -0.39 is 69.3 Å². The molecule has 6 N–H and O–H groups in total. The predicted molar refractivity (Wildman–Crippen MR) is 145 cm³/mol. The zero-order chi connectivity index (χ0) is 29.6. The number of amides is 1. The quantitative estimate of drug-likeness (QED) is 0.235. The second-order valence-corrected chi connectivity index (χ2v) is 10.4. The van der Waals surface area contributed by atoms with Crippen LogP contribution in [0.15, 0.2) is 54.6 Å². The molecule has 11 nitrogen and oxygen atoms in total. The van der Waals surface area contributed by atoms with Crippen molar-refractivity contribution in [2.75, 3.05) is 7.05 Å². The number of piperidine rings is 1. The van der Waals surface area contributed by atoms with Gasteiger partial charge in [-0.3, -0.25) is 19.3 Å². The van der Waals surface area contributed by atoms with Crippen LogP contribution in [0, 0.1) is 5.92 Å². The minimum Gasteiger partial charge on any atom is -0.508 e. The van der Waals surface area contributed by atoms with E-state index in [-0.39, 0.29) is 23.4 Å². The summed E-state index contributed by atoms with van der Waals surface area (Å²) < 4.78 is 0. The summed E-state index contributed by atoms with van der Waals surface area (Å²) in [7, 11) is 1.94. The molecule has 0 aromatic heterocycles. The van der Waals surface area contributed by atoms with Crippen LogP contribution in [0.3, 0.4) is 0 Å². The number of hydrogen-bond donors (Lipinski definition) is 6. The molecule has 2 heterocycles. The SMILES string of the molecule is CN1C2CCC1C(NC(=O)c1ccc(O)cc1)C(C(=O)c1cc(O)c(C(=O)c3c(O)cccc3C(=O)O)c(O)c1)C2. The van der Waals surface area contributed by atoms with Gasteiger partial charge < -0.3 is 30.8 Å². The number of phenolic OH excluding ortho intramolecular Hbond substituents is 4. The molecule has 2 bridgehead atoms. The van der Waals surface area contributed by atoms with Crippen molar-refractivity contribution in [1.29, 1.82) is 0 Å². The Balaban J connectivity index is 1.47. The highest BCUT2D eigenvalue weighted by Gasteiger charge is 2.49. The number of nitrogens with zero attached hydrogens (tertiary/aromatic N) is 1. The highest BCUT2D eigenvalue weighted by Crippen LogP contribution is 2.41. The van der Waals surface area contributed by atoms with Crippen molar-refractivity contribution < 1.29 is 44.7 Å². The van der Waals surface area contributed by atoms with Crippen molar-refractivity contribution in [1.82, 2.24) is 10.2 Å². The van der Waals surface area contributed by atoms with E-state index in [4.69, 9.17) is 0 Å². The molecule has 2 saturated heterocycles. The Labute approximate surface area is 234 Å². The van der Waals surface area contributed by atoms with Gasteiger partial charge in [0.15, 0.2) is 5.78 Å². The Kier molecular flexibility index (Phi) is 7.14. The number of carbonyl (C=O) groups excluding carboxylic acids is 3. The van der Waals surface area contributed by atoms with Crippen LogP contribution in [-0.4, -0.2) is 79.0 Å². The van der Waals surface area contributed by atoms with Gasteiger partial charge in [-0.05, 0) is 74.8 Å². The smallest absolute Gasteiger partial charge is 0.336 e. The van der Waals surface area contributed by atoms with E-state index in [1.165, 1.54) is 30.3 Å². The minimum absolute atomic E-state index is 0.00819. The van der Waals surface area contributed by atoms with Gasteiger partial charge in [-0.25, -0.2) is 4.79 Å². The van der Waals surface area contributed by atoms with Crippen molar-refractivity contribution in [3.8, 4) is 23.0 Å². The second-order valence-electron chi connectivity index (χ2n) is 10.4. The lowest BCUT2D eigenvalue weighted by Crippen LogP contribution is -2.59. The van der Waals surface area contributed by atoms with Gasteiger partial charge in [0.05, 0.1) is 17.2 Å². The van der Waals surface area contributed by atoms with Crippen molar-refractivity contribution in [2.45, 2.75) is 37.4 Å². The summed E-state index contributed by atoms with van der Waals surface area (Å²) in [4.78, 5) is 53.8. The number of hydrogen-bond acceptors (Lipinski definition) is 9. The van der Waals surface area contributed by atoms with E-state index in [1.54, 1.807) is 0 Å². The standard InChI is InChI=1S/C30H28N2O9/c1-32-16-7-10-20(32)26(31-29(39)14-5-8-17(33)9-6-14)19(13-16)27(37)15-11-22(35)25(23(36)12-15)28(38)24-18(30(40)41)3-2-4-21(24)34/h2-6,8-9,11-12,16,19-20,26,33-36H,7,10,13H2,1H3,(H,31,39)(H,40,41). The maximum absolute atomic E-state index is 13.8. The van der Waals surface area contributed by atoms with Crippen LogP contribution in [0.4, 0.5) is 0 Å². The fraction of sp³-hybridized carbons (Fsp3) is 0.267. The molecular formula is C30H28N2O9. The van der Waals surface area contributed by atoms with Gasteiger partial charge in [0.1, 0.15) is 28.6 Å². The van der Waals surface area contributed by atoms with Gasteiger partial charge in [0, 0.05) is 29.1 Å². The van der Waals surface area contributed by atoms with E-state index in [2.05, 4.69) is 10.2 Å². The van der Waals surface area contributed by atoms with Gasteiger partial charge >= 0.3 is 5.97 Å². The number of phenols is 4. The first kappa shape index (κ1) is 27.7. The summed E-state index contributed by atoms with van der Waals surface area (Å²) in [5.74, 6) is -6.38. The normalized spacial score (nSPS) is 21.8. The van der Waals surface area contributed by atoms with Crippen molar-refractivity contribution >= 4 is 23.4 Å². The third-order valence-corrected chi connectivity index (χ3v) is 8.14. The lowest BCUT2D eigenvalue weighted by molar-refractivity contribution is 0.0589.